The van der Waals surface area contributed by atoms with Gasteiger partial charge in [0.25, 0.3) is 0 Å². The number of esters is 2. The number of carbonyl (C=O) groups excluding carboxylic acids is 2. The van der Waals surface area contributed by atoms with Crippen LogP contribution in [0.2, 0.25) is 0 Å². The van der Waals surface area contributed by atoms with E-state index in [4.69, 9.17) is 23.7 Å². The third kappa shape index (κ3) is 31.2. The highest BCUT2D eigenvalue weighted by atomic mass is 32.3. The van der Waals surface area contributed by atoms with Crippen molar-refractivity contribution < 1.29 is 81.1 Å². The summed E-state index contributed by atoms with van der Waals surface area (Å²) in [6.45, 7) is 10.7. The summed E-state index contributed by atoms with van der Waals surface area (Å²) < 4.78 is 67.1. The summed E-state index contributed by atoms with van der Waals surface area (Å²) in [5.41, 5.74) is 0. The molecule has 2 aliphatic heterocycles. The molecule has 0 aromatic heterocycles. The highest BCUT2D eigenvalue weighted by molar-refractivity contribution is 7.80. The van der Waals surface area contributed by atoms with Gasteiger partial charge >= 0.3 is 22.3 Å². The summed E-state index contributed by atoms with van der Waals surface area (Å²) in [6.07, 6.45) is 20.3. The molecule has 0 bridgehead atoms. The Balaban J connectivity index is 2.00. The van der Waals surface area contributed by atoms with Gasteiger partial charge in [0, 0.05) is 6.42 Å². The van der Waals surface area contributed by atoms with Gasteiger partial charge in [0.1, 0.15) is 30.5 Å². The molecule has 0 spiro atoms. The van der Waals surface area contributed by atoms with Gasteiger partial charge in [0.2, 0.25) is 6.29 Å². The van der Waals surface area contributed by atoms with Crippen molar-refractivity contribution >= 4 is 22.3 Å². The van der Waals surface area contributed by atoms with Crippen molar-refractivity contribution in [2.24, 2.45) is 23.7 Å². The third-order valence-corrected chi connectivity index (χ3v) is 16.6. The van der Waals surface area contributed by atoms with Gasteiger partial charge in [-0.15, -0.1) is 0 Å². The van der Waals surface area contributed by atoms with Gasteiger partial charge in [-0.3, -0.25) is 14.1 Å². The molecule has 7 N–H and O–H groups in total. The Morgan fingerprint density at radius 1 is 0.500 bits per heavy atom. The van der Waals surface area contributed by atoms with Crippen molar-refractivity contribution in [2.75, 3.05) is 13.2 Å². The van der Waals surface area contributed by atoms with E-state index in [0.29, 0.717) is 12.8 Å². The van der Waals surface area contributed by atoms with E-state index >= 15 is 0 Å². The van der Waals surface area contributed by atoms with Gasteiger partial charge in [0.05, 0.1) is 25.2 Å². The second kappa shape index (κ2) is 43.1. The molecular formula is C60H114O17S. The highest BCUT2D eigenvalue weighted by Gasteiger charge is 2.54. The summed E-state index contributed by atoms with van der Waals surface area (Å²) in [5, 5.41) is 64.2. The van der Waals surface area contributed by atoms with Crippen molar-refractivity contribution in [1.82, 2.24) is 0 Å². The van der Waals surface area contributed by atoms with E-state index in [9.17, 15) is 53.2 Å². The lowest BCUT2D eigenvalue weighted by atomic mass is 9.83. The van der Waals surface area contributed by atoms with Crippen LogP contribution in [0.5, 0.6) is 0 Å². The normalized spacial score (nSPS) is 25.8. The van der Waals surface area contributed by atoms with Gasteiger partial charge in [-0.25, -0.2) is 4.18 Å². The molecule has 2 saturated heterocycles. The van der Waals surface area contributed by atoms with E-state index < -0.39 is 103 Å². The van der Waals surface area contributed by atoms with Crippen molar-refractivity contribution in [3.63, 3.8) is 0 Å². The molecule has 0 aromatic carbocycles. The van der Waals surface area contributed by atoms with Gasteiger partial charge in [0.15, 0.2) is 24.6 Å². The maximum atomic E-state index is 14.0. The quantitative estimate of drug-likeness (QED) is 0.0170. The molecule has 2 rings (SSSR count). The Hall–Kier alpha value is -1.55. The predicted octanol–water partition coefficient (Wildman–Crippen LogP) is 11.1. The fraction of sp³-hybridized carbons (Fsp3) is 0.967. The zero-order valence-corrected chi connectivity index (χ0v) is 50.3. The van der Waals surface area contributed by atoms with E-state index in [-0.39, 0.29) is 30.3 Å². The number of hydrogen-bond acceptors (Lipinski definition) is 16. The third-order valence-electron chi connectivity index (χ3n) is 16.1. The molecule has 18 heteroatoms. The first-order valence-corrected chi connectivity index (χ1v) is 32.7. The zero-order valence-electron chi connectivity index (χ0n) is 49.4. The first-order valence-electron chi connectivity index (χ1n) is 31.3. The van der Waals surface area contributed by atoms with Crippen LogP contribution < -0.4 is 0 Å². The van der Waals surface area contributed by atoms with Crippen LogP contribution in [0.3, 0.4) is 0 Å². The Morgan fingerprint density at radius 3 is 1.33 bits per heavy atom. The molecule has 78 heavy (non-hydrogen) atoms. The average Bonchev–Trinajstić information content (AvgIpc) is 3.44. The fourth-order valence-corrected chi connectivity index (χ4v) is 11.9. The van der Waals surface area contributed by atoms with Crippen LogP contribution in [0.1, 0.15) is 266 Å². The van der Waals surface area contributed by atoms with Crippen molar-refractivity contribution in [2.45, 2.75) is 334 Å². The Labute approximate surface area is 472 Å². The number of aliphatic hydroxyl groups is 6. The number of hydrogen-bond donors (Lipinski definition) is 7. The molecule has 0 amide bonds. The molecule has 2 heterocycles. The van der Waals surface area contributed by atoms with Crippen LogP contribution in [-0.4, -0.2) is 136 Å². The van der Waals surface area contributed by atoms with E-state index in [2.05, 4.69) is 31.9 Å². The molecule has 0 saturated carbocycles. The Bertz CT molecular complexity index is 1610. The minimum Gasteiger partial charge on any atom is -0.455 e. The molecule has 0 aromatic rings. The summed E-state index contributed by atoms with van der Waals surface area (Å²) in [7, 11) is -5.32. The SMILES string of the molecule is CCCCCCCCCCCCCCCCCC(=O)OC1C(OC2OC(CO)C(O)C(O)C2OS(=O)(=O)O)OC(CO)C(O)C1OC(=O)C(C)CC(C)CC(C)CC(C)C(O)CCCCCCCCCCCCCCCCC. The van der Waals surface area contributed by atoms with E-state index in [1.807, 2.05) is 6.92 Å². The summed E-state index contributed by atoms with van der Waals surface area (Å²) in [4.78, 5) is 27.6. The molecular weight excluding hydrogens is 1020 g/mol. The average molecular weight is 1140 g/mol. The maximum Gasteiger partial charge on any atom is 0.397 e. The number of aliphatic hydroxyl groups excluding tert-OH is 6. The zero-order chi connectivity index (χ0) is 57.7. The number of ether oxygens (including phenoxy) is 5. The largest absolute Gasteiger partial charge is 0.455 e. The van der Waals surface area contributed by atoms with Crippen LogP contribution in [0.4, 0.5) is 0 Å². The van der Waals surface area contributed by atoms with Crippen molar-refractivity contribution in [3.05, 3.63) is 0 Å². The van der Waals surface area contributed by atoms with Crippen LogP contribution in [0.25, 0.3) is 0 Å². The molecule has 2 aliphatic rings. The topological polar surface area (TPSA) is 265 Å². The molecule has 15 atom stereocenters. The van der Waals surface area contributed by atoms with Gasteiger partial charge < -0.3 is 54.3 Å². The van der Waals surface area contributed by atoms with Crippen LogP contribution in [-0.2, 0) is 47.9 Å². The lowest BCUT2D eigenvalue weighted by Gasteiger charge is -2.46. The minimum absolute atomic E-state index is 0.0521. The van der Waals surface area contributed by atoms with Crippen LogP contribution >= 0.6 is 0 Å². The first kappa shape index (κ1) is 72.6. The Kier molecular flexibility index (Phi) is 40.1. The van der Waals surface area contributed by atoms with Crippen LogP contribution in [0, 0.1) is 23.7 Å². The summed E-state index contributed by atoms with van der Waals surface area (Å²) in [5.74, 6) is -1.80. The van der Waals surface area contributed by atoms with E-state index in [0.717, 1.165) is 64.2 Å². The van der Waals surface area contributed by atoms with Crippen molar-refractivity contribution in [3.8, 4) is 0 Å². The molecule has 15 unspecified atom stereocenters. The number of carbonyl (C=O) groups is 2. The Morgan fingerprint density at radius 2 is 0.897 bits per heavy atom. The van der Waals surface area contributed by atoms with Crippen LogP contribution in [0.15, 0.2) is 0 Å². The lowest BCUT2D eigenvalue weighted by Crippen LogP contribution is -2.65. The standard InChI is InChI=1S/C60H114O17S/c1-7-9-11-13-15-17-19-21-23-25-27-29-31-33-35-37-48(63)46(5)40-44(3)39-45(4)41-47(6)58(68)75-55-53(66)50(43-62)73-60(76-59-56(77-78(69,70)71)54(67)52(65)49(42-61)72-59)57(55)74-51(64)38-36-34-32-30-28-26-24-22-20-18-16-14-12-10-8-2/h44-50,52-57,59-63,65-67H,7-43H2,1-6H3,(H,69,70,71). The molecule has 0 radical (unpaired) electrons. The summed E-state index contributed by atoms with van der Waals surface area (Å²) >= 11 is 0. The van der Waals surface area contributed by atoms with Gasteiger partial charge in [-0.1, -0.05) is 228 Å². The second-order valence-electron chi connectivity index (χ2n) is 23.7. The number of rotatable bonds is 48. The minimum atomic E-state index is -5.32. The molecule has 462 valence electrons. The smallest absolute Gasteiger partial charge is 0.397 e. The van der Waals surface area contributed by atoms with Gasteiger partial charge in [-0.2, -0.15) is 8.42 Å². The monoisotopic (exact) mass is 1140 g/mol. The first-order chi connectivity index (χ1) is 37.4. The van der Waals surface area contributed by atoms with Gasteiger partial charge in [-0.05, 0) is 49.9 Å². The second-order valence-corrected chi connectivity index (χ2v) is 24.8. The molecule has 17 nitrogen and oxygen atoms in total. The fourth-order valence-electron chi connectivity index (χ4n) is 11.4. The lowest BCUT2D eigenvalue weighted by molar-refractivity contribution is -0.374. The van der Waals surface area contributed by atoms with E-state index in [1.165, 1.54) is 141 Å². The maximum absolute atomic E-state index is 14.0. The number of unbranched alkanes of at least 4 members (excludes halogenated alkanes) is 28. The summed E-state index contributed by atoms with van der Waals surface area (Å²) in [6, 6.07) is 0. The highest BCUT2D eigenvalue weighted by Crippen LogP contribution is 2.34. The van der Waals surface area contributed by atoms with Crippen molar-refractivity contribution in [1.29, 1.82) is 0 Å². The molecule has 2 fully saturated rings. The predicted molar refractivity (Wildman–Crippen MR) is 302 cm³/mol. The van der Waals surface area contributed by atoms with E-state index in [1.54, 1.807) is 6.92 Å². The molecule has 0 aliphatic carbocycles.